The summed E-state index contributed by atoms with van der Waals surface area (Å²) in [5.41, 5.74) is 0.521. The van der Waals surface area contributed by atoms with E-state index in [2.05, 4.69) is 0 Å². The Balaban J connectivity index is 2.91. The molecule has 1 rings (SSSR count). The molecule has 0 fully saturated rings. The van der Waals surface area contributed by atoms with Gasteiger partial charge >= 0.3 is 0 Å². The van der Waals surface area contributed by atoms with E-state index in [0.717, 1.165) is 0 Å². The molecule has 0 saturated heterocycles. The van der Waals surface area contributed by atoms with Gasteiger partial charge in [0, 0.05) is 19.8 Å². The van der Waals surface area contributed by atoms with Crippen LogP contribution < -0.4 is 0 Å². The van der Waals surface area contributed by atoms with Crippen LogP contribution in [-0.2, 0) is 20.6 Å². The molecule has 0 radical (unpaired) electrons. The van der Waals surface area contributed by atoms with E-state index in [1.165, 1.54) is 6.07 Å². The SMILES string of the molecule is CCOC(Cc1ccccc1F)(OCC)OCC. The number of benzene rings is 1. The topological polar surface area (TPSA) is 27.7 Å². The largest absolute Gasteiger partial charge is 0.327 e. The molecule has 0 heterocycles. The molecule has 0 saturated carbocycles. The molecule has 1 aromatic carbocycles. The third-order valence-electron chi connectivity index (χ3n) is 2.46. The number of ether oxygens (including phenoxy) is 3. The summed E-state index contributed by atoms with van der Waals surface area (Å²) in [7, 11) is 0. The normalized spacial score (nSPS) is 11.8. The lowest BCUT2D eigenvalue weighted by Gasteiger charge is -2.32. The van der Waals surface area contributed by atoms with Crippen molar-refractivity contribution in [3.05, 3.63) is 35.6 Å². The molecular formula is C14H21FO3. The molecule has 102 valence electrons. The van der Waals surface area contributed by atoms with Gasteiger partial charge in [-0.15, -0.1) is 0 Å². The molecule has 0 atom stereocenters. The molecule has 1 aromatic rings. The Bertz CT molecular complexity index is 338. The van der Waals surface area contributed by atoms with Gasteiger partial charge in [0.15, 0.2) is 0 Å². The van der Waals surface area contributed by atoms with E-state index in [0.29, 0.717) is 25.4 Å². The summed E-state index contributed by atoms with van der Waals surface area (Å²) < 4.78 is 30.3. The van der Waals surface area contributed by atoms with Crippen LogP contribution in [0.25, 0.3) is 0 Å². The van der Waals surface area contributed by atoms with Crippen LogP contribution >= 0.6 is 0 Å². The Kier molecular flexibility index (Phi) is 6.25. The van der Waals surface area contributed by atoms with Crippen LogP contribution in [0.1, 0.15) is 26.3 Å². The Labute approximate surface area is 108 Å². The first-order valence-electron chi connectivity index (χ1n) is 6.32. The van der Waals surface area contributed by atoms with Crippen LogP contribution in [0, 0.1) is 5.82 Å². The molecular weight excluding hydrogens is 235 g/mol. The van der Waals surface area contributed by atoms with Crippen molar-refractivity contribution < 1.29 is 18.6 Å². The first-order chi connectivity index (χ1) is 8.67. The lowest BCUT2D eigenvalue weighted by atomic mass is 10.1. The molecule has 0 N–H and O–H groups in total. The predicted octanol–water partition coefficient (Wildman–Crippen LogP) is 3.13. The summed E-state index contributed by atoms with van der Waals surface area (Å²) in [6, 6.07) is 6.57. The highest BCUT2D eigenvalue weighted by atomic mass is 19.1. The predicted molar refractivity (Wildman–Crippen MR) is 67.7 cm³/mol. The van der Waals surface area contributed by atoms with Crippen molar-refractivity contribution in [3.63, 3.8) is 0 Å². The maximum atomic E-state index is 13.7. The quantitative estimate of drug-likeness (QED) is 0.669. The molecule has 0 spiro atoms. The number of halogens is 1. The smallest absolute Gasteiger partial charge is 0.287 e. The molecule has 18 heavy (non-hydrogen) atoms. The summed E-state index contributed by atoms with van der Waals surface area (Å²) in [5.74, 6) is -1.47. The fraction of sp³-hybridized carbons (Fsp3) is 0.571. The fourth-order valence-corrected chi connectivity index (χ4v) is 1.81. The third kappa shape index (κ3) is 4.05. The Morgan fingerprint density at radius 1 is 0.944 bits per heavy atom. The maximum absolute atomic E-state index is 13.7. The summed E-state index contributed by atoms with van der Waals surface area (Å²) in [5, 5.41) is 0. The van der Waals surface area contributed by atoms with Crippen molar-refractivity contribution in [3.8, 4) is 0 Å². The van der Waals surface area contributed by atoms with Crippen LogP contribution in [0.4, 0.5) is 4.39 Å². The van der Waals surface area contributed by atoms with Crippen molar-refractivity contribution in [1.29, 1.82) is 0 Å². The second-order valence-electron chi connectivity index (χ2n) is 3.75. The fourth-order valence-electron chi connectivity index (χ4n) is 1.81. The second-order valence-corrected chi connectivity index (χ2v) is 3.75. The molecule has 3 nitrogen and oxygen atoms in total. The maximum Gasteiger partial charge on any atom is 0.287 e. The van der Waals surface area contributed by atoms with Crippen molar-refractivity contribution in [2.75, 3.05) is 19.8 Å². The van der Waals surface area contributed by atoms with Gasteiger partial charge in [0.2, 0.25) is 0 Å². The lowest BCUT2D eigenvalue weighted by Crippen LogP contribution is -2.42. The molecule has 0 unspecified atom stereocenters. The zero-order chi connectivity index (χ0) is 13.4. The lowest BCUT2D eigenvalue weighted by molar-refractivity contribution is -0.376. The van der Waals surface area contributed by atoms with Crippen LogP contribution in [0.3, 0.4) is 0 Å². The van der Waals surface area contributed by atoms with Gasteiger partial charge in [0.25, 0.3) is 5.97 Å². The minimum absolute atomic E-state index is 0.231. The van der Waals surface area contributed by atoms with Gasteiger partial charge in [-0.05, 0) is 32.4 Å². The van der Waals surface area contributed by atoms with Crippen LogP contribution in [0.5, 0.6) is 0 Å². The highest BCUT2D eigenvalue weighted by Gasteiger charge is 2.33. The third-order valence-corrected chi connectivity index (χ3v) is 2.46. The van der Waals surface area contributed by atoms with Gasteiger partial charge in [-0.25, -0.2) is 4.39 Å². The molecule has 0 bridgehead atoms. The van der Waals surface area contributed by atoms with Gasteiger partial charge < -0.3 is 14.2 Å². The summed E-state index contributed by atoms with van der Waals surface area (Å²) in [4.78, 5) is 0. The molecule has 0 aliphatic carbocycles. The van der Waals surface area contributed by atoms with Crippen molar-refractivity contribution in [2.24, 2.45) is 0 Å². The number of hydrogen-bond acceptors (Lipinski definition) is 3. The Morgan fingerprint density at radius 3 is 1.89 bits per heavy atom. The van der Waals surface area contributed by atoms with Gasteiger partial charge in [-0.2, -0.15) is 0 Å². The summed E-state index contributed by atoms with van der Waals surface area (Å²) in [6.45, 7) is 6.88. The Hall–Kier alpha value is -0.970. The van der Waals surface area contributed by atoms with Crippen LogP contribution in [0.15, 0.2) is 24.3 Å². The first kappa shape index (κ1) is 15.1. The van der Waals surface area contributed by atoms with E-state index in [4.69, 9.17) is 14.2 Å². The molecule has 0 aromatic heterocycles. The van der Waals surface area contributed by atoms with E-state index in [1.54, 1.807) is 18.2 Å². The van der Waals surface area contributed by atoms with Gasteiger partial charge in [-0.3, -0.25) is 0 Å². The Morgan fingerprint density at radius 2 is 1.44 bits per heavy atom. The summed E-state index contributed by atoms with van der Waals surface area (Å²) >= 11 is 0. The monoisotopic (exact) mass is 256 g/mol. The molecule has 0 amide bonds. The molecule has 4 heteroatoms. The van der Waals surface area contributed by atoms with Crippen molar-refractivity contribution in [1.82, 2.24) is 0 Å². The first-order valence-corrected chi connectivity index (χ1v) is 6.32. The van der Waals surface area contributed by atoms with Crippen LogP contribution in [-0.4, -0.2) is 25.8 Å². The van der Waals surface area contributed by atoms with Gasteiger partial charge in [0.05, 0.1) is 6.42 Å². The van der Waals surface area contributed by atoms with E-state index < -0.39 is 5.97 Å². The van der Waals surface area contributed by atoms with E-state index in [9.17, 15) is 4.39 Å². The highest BCUT2D eigenvalue weighted by molar-refractivity contribution is 5.18. The molecule has 0 aliphatic rings. The zero-order valence-corrected chi connectivity index (χ0v) is 11.2. The van der Waals surface area contributed by atoms with Gasteiger partial charge in [0.1, 0.15) is 5.82 Å². The average molecular weight is 256 g/mol. The van der Waals surface area contributed by atoms with E-state index in [-0.39, 0.29) is 12.2 Å². The minimum atomic E-state index is -1.19. The zero-order valence-electron chi connectivity index (χ0n) is 11.2. The summed E-state index contributed by atoms with van der Waals surface area (Å²) in [6.07, 6.45) is 0.231. The van der Waals surface area contributed by atoms with Crippen LogP contribution in [0.2, 0.25) is 0 Å². The average Bonchev–Trinajstić information content (AvgIpc) is 2.33. The standard InChI is InChI=1S/C14H21FO3/c1-4-16-14(17-5-2,18-6-3)11-12-9-7-8-10-13(12)15/h7-10H,4-6,11H2,1-3H3. The minimum Gasteiger partial charge on any atom is -0.327 e. The van der Waals surface area contributed by atoms with Gasteiger partial charge in [-0.1, -0.05) is 18.2 Å². The van der Waals surface area contributed by atoms with Crippen molar-refractivity contribution >= 4 is 0 Å². The molecule has 0 aliphatic heterocycles. The number of hydrogen-bond donors (Lipinski definition) is 0. The second kappa shape index (κ2) is 7.46. The van der Waals surface area contributed by atoms with E-state index in [1.807, 2.05) is 20.8 Å². The highest BCUT2D eigenvalue weighted by Crippen LogP contribution is 2.23. The van der Waals surface area contributed by atoms with Crippen molar-refractivity contribution in [2.45, 2.75) is 33.2 Å². The number of rotatable bonds is 8. The van der Waals surface area contributed by atoms with E-state index >= 15 is 0 Å².